The van der Waals surface area contributed by atoms with Gasteiger partial charge in [-0.1, -0.05) is 0 Å². The van der Waals surface area contributed by atoms with Crippen molar-refractivity contribution in [2.45, 2.75) is 0 Å². The maximum absolute atomic E-state index is 12.0. The highest BCUT2D eigenvalue weighted by Crippen LogP contribution is 2.16. The molecule has 0 aromatic heterocycles. The fourth-order valence-corrected chi connectivity index (χ4v) is 0.708. The van der Waals surface area contributed by atoms with E-state index < -0.39 is 29.1 Å². The van der Waals surface area contributed by atoms with Crippen LogP contribution in [0.5, 0.6) is 0 Å². The number of rotatable bonds is 0. The summed E-state index contributed by atoms with van der Waals surface area (Å²) in [6.07, 6.45) is 0. The summed E-state index contributed by atoms with van der Waals surface area (Å²) in [4.78, 5) is 0. The van der Waals surface area contributed by atoms with Gasteiger partial charge >= 0.3 is 23.1 Å². The quantitative estimate of drug-likeness (QED) is 0.297. The first-order valence-electron chi connectivity index (χ1n) is 3.94. The number of halogens is 5. The third-order valence-corrected chi connectivity index (χ3v) is 1.39. The van der Waals surface area contributed by atoms with Crippen molar-refractivity contribution in [3.05, 3.63) is 35.2 Å². The molecule has 87 valence electrons. The van der Waals surface area contributed by atoms with Crippen molar-refractivity contribution in [1.29, 1.82) is 0 Å². The molecule has 0 saturated carbocycles. The van der Waals surface area contributed by atoms with Crippen molar-refractivity contribution in [2.75, 3.05) is 0 Å². The Morgan fingerprint density at radius 2 is 1.00 bits per heavy atom. The van der Waals surface area contributed by atoms with Crippen molar-refractivity contribution >= 4 is 23.1 Å². The van der Waals surface area contributed by atoms with Gasteiger partial charge in [0.2, 0.25) is 5.82 Å². The van der Waals surface area contributed by atoms with Crippen molar-refractivity contribution < 1.29 is 35.7 Å². The van der Waals surface area contributed by atoms with Crippen molar-refractivity contribution in [3.63, 3.8) is 0 Å². The molecule has 0 aliphatic carbocycles. The molecule has 2 rings (SSSR count). The number of hydrogen-bond donors (Lipinski definition) is 0. The highest BCUT2D eigenvalue weighted by Gasteiger charge is 2.18. The van der Waals surface area contributed by atoms with E-state index in [1.165, 1.54) is 0 Å². The van der Waals surface area contributed by atoms with Crippen LogP contribution in [0.4, 0.5) is 22.0 Å². The Kier molecular flexibility index (Phi) is 5.46. The van der Waals surface area contributed by atoms with Crippen molar-refractivity contribution in [1.82, 2.24) is 0 Å². The fraction of sp³-hybridized carbons (Fsp3) is 0. The van der Waals surface area contributed by atoms with Gasteiger partial charge < -0.3 is 13.7 Å². The lowest BCUT2D eigenvalue weighted by Gasteiger charge is -2.05. The Balaban J connectivity index is 0.000000202. The predicted molar refractivity (Wildman–Crippen MR) is 46.7 cm³/mol. The van der Waals surface area contributed by atoms with Gasteiger partial charge in [-0.05, 0) is 0 Å². The minimum absolute atomic E-state index is 0.0618. The summed E-state index contributed by atoms with van der Waals surface area (Å²) in [5, 5.41) is 0. The zero-order valence-electron chi connectivity index (χ0n) is 7.92. The molecule has 0 bridgehead atoms. The summed E-state index contributed by atoms with van der Waals surface area (Å²) in [5.41, 5.74) is 0. The van der Waals surface area contributed by atoms with E-state index in [0.29, 0.717) is 0 Å². The van der Waals surface area contributed by atoms with Gasteiger partial charge in [0.1, 0.15) is 0 Å². The van der Waals surface area contributed by atoms with Gasteiger partial charge in [-0.2, -0.15) is 0 Å². The first-order chi connectivity index (χ1) is 8.04. The lowest BCUT2D eigenvalue weighted by molar-refractivity contribution is 0.347. The standard InChI is InChI=1S/C6HF5.B3O3/c7-2-1-3(8)5(10)6(11)4(2)9;1-4-2-6-3-5-1/h1H;. The molecular formula is C6HB3F5O3. The van der Waals surface area contributed by atoms with Crippen LogP contribution in [0.1, 0.15) is 0 Å². The van der Waals surface area contributed by atoms with Crippen LogP contribution >= 0.6 is 0 Å². The summed E-state index contributed by atoms with van der Waals surface area (Å²) < 4.78 is 73.1. The van der Waals surface area contributed by atoms with Gasteiger partial charge in [-0.15, -0.1) is 0 Å². The van der Waals surface area contributed by atoms with Gasteiger partial charge in [0.25, 0.3) is 0 Å². The van der Waals surface area contributed by atoms with Crippen LogP contribution in [-0.4, -0.2) is 23.1 Å². The van der Waals surface area contributed by atoms with E-state index in [0.717, 1.165) is 23.1 Å². The predicted octanol–water partition coefficient (Wildman–Crippen LogP) is 1.03. The molecule has 0 amide bonds. The Labute approximate surface area is 94.8 Å². The molecule has 17 heavy (non-hydrogen) atoms. The van der Waals surface area contributed by atoms with Gasteiger partial charge in [0.05, 0.1) is 0 Å². The second-order valence-corrected chi connectivity index (χ2v) is 2.48. The minimum atomic E-state index is -2.14. The molecule has 1 fully saturated rings. The van der Waals surface area contributed by atoms with Crippen LogP contribution in [0.25, 0.3) is 0 Å². The molecule has 0 spiro atoms. The summed E-state index contributed by atoms with van der Waals surface area (Å²) >= 11 is 0. The van der Waals surface area contributed by atoms with Crippen LogP contribution in [0.15, 0.2) is 6.07 Å². The molecule has 3 nitrogen and oxygen atoms in total. The van der Waals surface area contributed by atoms with E-state index in [1.807, 2.05) is 0 Å². The molecule has 0 N–H and O–H groups in total. The third kappa shape index (κ3) is 4.02. The average Bonchev–Trinajstić information content (AvgIpc) is 2.37. The molecule has 11 heteroatoms. The molecule has 3 radical (unpaired) electrons. The fourth-order valence-electron chi connectivity index (χ4n) is 0.708. The molecule has 1 aromatic rings. The number of benzene rings is 1. The SMILES string of the molecule is Fc1cc(F)c(F)c(F)c1F.[B]1O[B]O[B]O1. The summed E-state index contributed by atoms with van der Waals surface area (Å²) in [7, 11) is 3.47. The molecular weight excluding hydrogens is 247 g/mol. The molecule has 0 unspecified atom stereocenters. The normalized spacial score (nSPS) is 13.7. The highest BCUT2D eigenvalue weighted by molar-refractivity contribution is 6.50. The summed E-state index contributed by atoms with van der Waals surface area (Å²) in [5.74, 6) is -9.65. The van der Waals surface area contributed by atoms with Crippen LogP contribution < -0.4 is 0 Å². The molecule has 1 heterocycles. The monoisotopic (exact) mass is 249 g/mol. The van der Waals surface area contributed by atoms with E-state index in [1.54, 1.807) is 0 Å². The zero-order chi connectivity index (χ0) is 12.8. The smallest absolute Gasteiger partial charge is 0.457 e. The molecule has 1 aliphatic heterocycles. The largest absolute Gasteiger partial charge is 0.457 e. The lowest BCUT2D eigenvalue weighted by atomic mass is 10.1. The van der Waals surface area contributed by atoms with Crippen molar-refractivity contribution in [2.24, 2.45) is 0 Å². The summed E-state index contributed by atoms with van der Waals surface area (Å²) in [6.45, 7) is 0. The molecule has 1 aromatic carbocycles. The first kappa shape index (κ1) is 14.0. The maximum Gasteiger partial charge on any atom is 0.457 e. The first-order valence-corrected chi connectivity index (χ1v) is 3.94. The molecule has 0 atom stereocenters. The zero-order valence-corrected chi connectivity index (χ0v) is 7.92. The molecule has 1 aliphatic rings. The third-order valence-electron chi connectivity index (χ3n) is 1.39. The second kappa shape index (κ2) is 6.62. The lowest BCUT2D eigenvalue weighted by Crippen LogP contribution is -2.23. The van der Waals surface area contributed by atoms with Gasteiger partial charge in [0, 0.05) is 6.07 Å². The Morgan fingerprint density at radius 1 is 0.647 bits per heavy atom. The van der Waals surface area contributed by atoms with E-state index >= 15 is 0 Å². The molecule has 1 saturated heterocycles. The second-order valence-electron chi connectivity index (χ2n) is 2.48. The number of hydrogen-bond acceptors (Lipinski definition) is 3. The Hall–Kier alpha value is -1.06. The van der Waals surface area contributed by atoms with E-state index in [4.69, 9.17) is 0 Å². The van der Waals surface area contributed by atoms with E-state index in [9.17, 15) is 22.0 Å². The Bertz CT molecular complexity index is 352. The highest BCUT2D eigenvalue weighted by atomic mass is 19.2. The topological polar surface area (TPSA) is 27.7 Å². The van der Waals surface area contributed by atoms with Crippen LogP contribution in [0, 0.1) is 29.1 Å². The van der Waals surface area contributed by atoms with E-state index in [2.05, 4.69) is 13.7 Å². The van der Waals surface area contributed by atoms with Crippen LogP contribution in [0.3, 0.4) is 0 Å². The van der Waals surface area contributed by atoms with Gasteiger partial charge in [0.15, 0.2) is 23.3 Å². The van der Waals surface area contributed by atoms with Crippen LogP contribution in [0.2, 0.25) is 0 Å². The van der Waals surface area contributed by atoms with Crippen LogP contribution in [-0.2, 0) is 13.7 Å². The van der Waals surface area contributed by atoms with E-state index in [-0.39, 0.29) is 6.07 Å². The van der Waals surface area contributed by atoms with Gasteiger partial charge in [-0.3, -0.25) is 0 Å². The van der Waals surface area contributed by atoms with Crippen molar-refractivity contribution in [3.8, 4) is 0 Å². The average molecular weight is 248 g/mol. The Morgan fingerprint density at radius 3 is 1.29 bits per heavy atom. The minimum Gasteiger partial charge on any atom is -0.457 e. The summed E-state index contributed by atoms with van der Waals surface area (Å²) in [6, 6.07) is -0.0618. The van der Waals surface area contributed by atoms with Gasteiger partial charge in [-0.25, -0.2) is 22.0 Å². The maximum atomic E-state index is 12.0.